The Morgan fingerprint density at radius 3 is 2.00 bits per heavy atom. The lowest BCUT2D eigenvalue weighted by molar-refractivity contribution is -0.146. The van der Waals surface area contributed by atoms with Gasteiger partial charge < -0.3 is 25.2 Å². The second kappa shape index (κ2) is 10.8. The van der Waals surface area contributed by atoms with Crippen LogP contribution in [0.5, 0.6) is 0 Å². The Bertz CT molecular complexity index is 1040. The van der Waals surface area contributed by atoms with Crippen LogP contribution in [0.1, 0.15) is 37.3 Å². The smallest absolute Gasteiger partial charge is 0.407 e. The van der Waals surface area contributed by atoms with Crippen molar-refractivity contribution in [1.29, 1.82) is 0 Å². The van der Waals surface area contributed by atoms with Crippen LogP contribution in [-0.4, -0.2) is 54.8 Å². The number of ether oxygens (including phenoxy) is 2. The van der Waals surface area contributed by atoms with Crippen molar-refractivity contribution in [1.82, 2.24) is 10.6 Å². The predicted octanol–water partition coefficient (Wildman–Crippen LogP) is 2.68. The Kier molecular flexibility index (Phi) is 7.88. The van der Waals surface area contributed by atoms with Crippen LogP contribution in [-0.2, 0) is 23.9 Å². The number of carbonyl (C=O) groups is 4. The number of benzene rings is 2. The summed E-state index contributed by atoms with van der Waals surface area (Å²) in [5, 5.41) is 14.0. The SMILES string of the molecule is COC(=O)C(NC(=O)C(CC(=O)O)NC(=O)OCC1c2ccccc2-c2ccccc21)C(C)C. The molecule has 1 aliphatic carbocycles. The summed E-state index contributed by atoms with van der Waals surface area (Å²) in [6, 6.07) is 13.3. The number of carboxylic acids is 1. The summed E-state index contributed by atoms with van der Waals surface area (Å²) in [6.45, 7) is 3.41. The minimum absolute atomic E-state index is 0.0120. The fourth-order valence-electron chi connectivity index (χ4n) is 4.04. The van der Waals surface area contributed by atoms with Crippen molar-refractivity contribution in [3.8, 4) is 11.1 Å². The minimum atomic E-state index is -1.43. The van der Waals surface area contributed by atoms with E-state index in [9.17, 15) is 24.3 Å². The molecule has 9 nitrogen and oxygen atoms in total. The van der Waals surface area contributed by atoms with E-state index in [1.165, 1.54) is 7.11 Å². The van der Waals surface area contributed by atoms with E-state index in [-0.39, 0.29) is 18.4 Å². The molecular weight excluding hydrogens is 440 g/mol. The number of nitrogens with one attached hydrogen (secondary N) is 2. The van der Waals surface area contributed by atoms with Crippen LogP contribution in [0.15, 0.2) is 48.5 Å². The summed E-state index contributed by atoms with van der Waals surface area (Å²) in [5.74, 6) is -3.28. The summed E-state index contributed by atoms with van der Waals surface area (Å²) < 4.78 is 10.1. The van der Waals surface area contributed by atoms with Crippen molar-refractivity contribution < 1.29 is 33.8 Å². The number of rotatable bonds is 9. The van der Waals surface area contributed by atoms with Crippen molar-refractivity contribution in [3.63, 3.8) is 0 Å². The number of alkyl carbamates (subject to hydrolysis) is 1. The van der Waals surface area contributed by atoms with E-state index in [4.69, 9.17) is 4.74 Å². The highest BCUT2D eigenvalue weighted by Crippen LogP contribution is 2.44. The molecule has 2 amide bonds. The van der Waals surface area contributed by atoms with E-state index in [0.29, 0.717) is 0 Å². The van der Waals surface area contributed by atoms with Crippen LogP contribution in [0.3, 0.4) is 0 Å². The van der Waals surface area contributed by atoms with Gasteiger partial charge in [-0.25, -0.2) is 9.59 Å². The number of carbonyl (C=O) groups excluding carboxylic acids is 3. The lowest BCUT2D eigenvalue weighted by Gasteiger charge is -2.23. The summed E-state index contributed by atoms with van der Waals surface area (Å²) in [6.07, 6.45) is -1.61. The van der Waals surface area contributed by atoms with E-state index in [1.807, 2.05) is 48.5 Å². The monoisotopic (exact) mass is 468 g/mol. The zero-order valence-electron chi connectivity index (χ0n) is 19.2. The van der Waals surface area contributed by atoms with E-state index in [1.54, 1.807) is 13.8 Å². The van der Waals surface area contributed by atoms with Gasteiger partial charge in [-0.15, -0.1) is 0 Å². The van der Waals surface area contributed by atoms with Gasteiger partial charge in [-0.1, -0.05) is 62.4 Å². The molecule has 180 valence electrons. The molecule has 0 aliphatic heterocycles. The highest BCUT2D eigenvalue weighted by molar-refractivity contribution is 5.92. The van der Waals surface area contributed by atoms with Gasteiger partial charge in [-0.2, -0.15) is 0 Å². The lowest BCUT2D eigenvalue weighted by Crippen LogP contribution is -2.54. The van der Waals surface area contributed by atoms with Gasteiger partial charge in [0.15, 0.2) is 0 Å². The van der Waals surface area contributed by atoms with E-state index >= 15 is 0 Å². The van der Waals surface area contributed by atoms with Crippen molar-refractivity contribution in [2.24, 2.45) is 5.92 Å². The van der Waals surface area contributed by atoms with Gasteiger partial charge in [-0.3, -0.25) is 9.59 Å². The maximum absolute atomic E-state index is 12.7. The first-order valence-corrected chi connectivity index (χ1v) is 10.9. The van der Waals surface area contributed by atoms with Crippen LogP contribution in [0.2, 0.25) is 0 Å². The molecule has 3 N–H and O–H groups in total. The largest absolute Gasteiger partial charge is 0.481 e. The topological polar surface area (TPSA) is 131 Å². The van der Waals surface area contributed by atoms with Crippen LogP contribution in [0.4, 0.5) is 4.79 Å². The molecule has 0 aromatic heterocycles. The Morgan fingerprint density at radius 1 is 0.941 bits per heavy atom. The fraction of sp³-hybridized carbons (Fsp3) is 0.360. The molecule has 0 heterocycles. The molecule has 2 atom stereocenters. The van der Waals surface area contributed by atoms with E-state index < -0.39 is 42.4 Å². The Morgan fingerprint density at radius 2 is 1.50 bits per heavy atom. The molecule has 2 unspecified atom stereocenters. The molecule has 0 saturated carbocycles. The number of fused-ring (bicyclic) bond motifs is 3. The summed E-state index contributed by atoms with van der Waals surface area (Å²) in [4.78, 5) is 48.4. The summed E-state index contributed by atoms with van der Waals surface area (Å²) in [7, 11) is 1.19. The highest BCUT2D eigenvalue weighted by atomic mass is 16.5. The van der Waals surface area contributed by atoms with E-state index in [0.717, 1.165) is 22.3 Å². The number of esters is 1. The Labute approximate surface area is 197 Å². The second-order valence-electron chi connectivity index (χ2n) is 8.37. The normalized spacial score (nSPS) is 13.9. The lowest BCUT2D eigenvalue weighted by atomic mass is 9.98. The maximum Gasteiger partial charge on any atom is 0.407 e. The van der Waals surface area contributed by atoms with Crippen LogP contribution >= 0.6 is 0 Å². The molecule has 0 bridgehead atoms. The van der Waals surface area contributed by atoms with Gasteiger partial charge in [0.05, 0.1) is 13.5 Å². The predicted molar refractivity (Wildman–Crippen MR) is 123 cm³/mol. The molecule has 34 heavy (non-hydrogen) atoms. The first-order chi connectivity index (χ1) is 16.2. The second-order valence-corrected chi connectivity index (χ2v) is 8.37. The van der Waals surface area contributed by atoms with Crippen molar-refractivity contribution in [2.45, 2.75) is 38.3 Å². The van der Waals surface area contributed by atoms with Crippen molar-refractivity contribution in [3.05, 3.63) is 59.7 Å². The number of hydrogen-bond donors (Lipinski definition) is 3. The maximum atomic E-state index is 12.7. The number of hydrogen-bond acceptors (Lipinski definition) is 6. The third-order valence-corrected chi connectivity index (χ3v) is 5.75. The molecule has 9 heteroatoms. The van der Waals surface area contributed by atoms with Gasteiger partial charge in [0, 0.05) is 5.92 Å². The number of amides is 2. The summed E-state index contributed by atoms with van der Waals surface area (Å²) in [5.41, 5.74) is 4.18. The minimum Gasteiger partial charge on any atom is -0.481 e. The number of aliphatic carboxylic acids is 1. The average Bonchev–Trinajstić information content (AvgIpc) is 3.13. The molecule has 2 aromatic rings. The van der Waals surface area contributed by atoms with Gasteiger partial charge in [0.2, 0.25) is 5.91 Å². The molecular formula is C25H28N2O7. The van der Waals surface area contributed by atoms with Crippen LogP contribution < -0.4 is 10.6 Å². The molecule has 0 fully saturated rings. The Balaban J connectivity index is 1.68. The molecule has 0 radical (unpaired) electrons. The van der Waals surface area contributed by atoms with Gasteiger partial charge in [-0.05, 0) is 28.2 Å². The highest BCUT2D eigenvalue weighted by Gasteiger charge is 2.32. The quantitative estimate of drug-likeness (QED) is 0.482. The molecule has 0 saturated heterocycles. The first-order valence-electron chi connectivity index (χ1n) is 10.9. The molecule has 0 spiro atoms. The zero-order valence-corrected chi connectivity index (χ0v) is 19.2. The third kappa shape index (κ3) is 5.54. The third-order valence-electron chi connectivity index (χ3n) is 5.75. The van der Waals surface area contributed by atoms with Crippen LogP contribution in [0.25, 0.3) is 11.1 Å². The number of methoxy groups -OCH3 is 1. The van der Waals surface area contributed by atoms with Gasteiger partial charge in [0.1, 0.15) is 18.7 Å². The average molecular weight is 469 g/mol. The van der Waals surface area contributed by atoms with Crippen molar-refractivity contribution in [2.75, 3.05) is 13.7 Å². The van der Waals surface area contributed by atoms with E-state index in [2.05, 4.69) is 15.4 Å². The van der Waals surface area contributed by atoms with Crippen LogP contribution in [0, 0.1) is 5.92 Å². The summed E-state index contributed by atoms with van der Waals surface area (Å²) >= 11 is 0. The zero-order chi connectivity index (χ0) is 24.8. The number of carboxylic acid groups (broad SMARTS) is 1. The Hall–Kier alpha value is -3.88. The molecule has 1 aliphatic rings. The van der Waals surface area contributed by atoms with Gasteiger partial charge >= 0.3 is 18.0 Å². The standard InChI is InChI=1S/C25H28N2O7/c1-14(2)22(24(31)33-3)27-23(30)20(12-21(28)29)26-25(32)34-13-19-17-10-6-4-8-15(17)16-9-5-7-11-18(16)19/h4-11,14,19-20,22H,12-13H2,1-3H3,(H,26,32)(H,27,30)(H,28,29). The molecule has 2 aromatic carbocycles. The van der Waals surface area contributed by atoms with Crippen molar-refractivity contribution >= 4 is 23.9 Å². The first kappa shape index (κ1) is 24.8. The fourth-order valence-corrected chi connectivity index (χ4v) is 4.04. The molecule has 3 rings (SSSR count). The van der Waals surface area contributed by atoms with Gasteiger partial charge in [0.25, 0.3) is 0 Å².